The fourth-order valence-electron chi connectivity index (χ4n) is 9.45. The van der Waals surface area contributed by atoms with E-state index in [1.165, 1.54) is 30.2 Å². The number of likely N-dealkylation sites (tertiary alicyclic amines) is 2. The highest BCUT2D eigenvalue weighted by Crippen LogP contribution is 2.73. The summed E-state index contributed by atoms with van der Waals surface area (Å²) in [5.41, 5.74) is 1.46. The van der Waals surface area contributed by atoms with E-state index in [-0.39, 0.29) is 0 Å². The monoisotopic (exact) mass is 301 g/mol. The Labute approximate surface area is 135 Å². The summed E-state index contributed by atoms with van der Waals surface area (Å²) in [6, 6.07) is 3.03. The topological polar surface area (TPSA) is 3.01 Å². The van der Waals surface area contributed by atoms with Crippen molar-refractivity contribution in [2.45, 2.75) is 93.9 Å². The molecule has 0 aromatic rings. The van der Waals surface area contributed by atoms with Crippen molar-refractivity contribution in [3.8, 4) is 0 Å². The molecule has 6 rings (SSSR count). The van der Waals surface area contributed by atoms with E-state index in [1.807, 2.05) is 0 Å². The van der Waals surface area contributed by atoms with Crippen LogP contribution in [-0.4, -0.2) is 52.7 Å². The summed E-state index contributed by atoms with van der Waals surface area (Å²) >= 11 is 0. The van der Waals surface area contributed by atoms with Gasteiger partial charge in [0.15, 0.2) is 5.54 Å². The molecule has 2 heteroatoms. The van der Waals surface area contributed by atoms with Crippen LogP contribution in [0.5, 0.6) is 0 Å². The van der Waals surface area contributed by atoms with E-state index in [4.69, 9.17) is 0 Å². The van der Waals surface area contributed by atoms with E-state index < -0.39 is 0 Å². The van der Waals surface area contributed by atoms with Gasteiger partial charge in [-0.25, -0.2) is 0 Å². The first kappa shape index (κ1) is 13.2. The van der Waals surface area contributed by atoms with Gasteiger partial charge in [0, 0.05) is 43.2 Å². The first-order valence-electron chi connectivity index (χ1n) is 10.1. The first-order valence-corrected chi connectivity index (χ1v) is 10.1. The highest BCUT2D eigenvalue weighted by Gasteiger charge is 2.86. The standard InChI is InChI=1S/C20H33N2/c1-13-9-15-6-7-18-20(15,12-13)22(18,3)16-10-14-5-4-8-19(14)17(11-16)21(19)2/h13-18H,4-12H2,1-3H3/q+1/t13-,14?,15?,16?,17?,18?,19?,20?,21?,22?/m0/s1. The summed E-state index contributed by atoms with van der Waals surface area (Å²) in [6.45, 7) is 2.53. The maximum atomic E-state index is 2.79. The van der Waals surface area contributed by atoms with Crippen LogP contribution >= 0.6 is 0 Å². The Bertz CT molecular complexity index is 546. The van der Waals surface area contributed by atoms with Gasteiger partial charge in [0.1, 0.15) is 6.04 Å². The zero-order chi connectivity index (χ0) is 14.9. The van der Waals surface area contributed by atoms with Crippen molar-refractivity contribution in [2.75, 3.05) is 14.1 Å². The van der Waals surface area contributed by atoms with Crippen molar-refractivity contribution in [3.05, 3.63) is 0 Å². The average molecular weight is 301 g/mol. The fourth-order valence-corrected chi connectivity index (χ4v) is 9.45. The number of nitrogens with zero attached hydrogens (tertiary/aromatic N) is 2. The number of hydrogen-bond donors (Lipinski definition) is 0. The Kier molecular flexibility index (Phi) is 2.18. The van der Waals surface area contributed by atoms with Gasteiger partial charge >= 0.3 is 0 Å². The normalized spacial score (nSPS) is 70.8. The summed E-state index contributed by atoms with van der Waals surface area (Å²) in [5.74, 6) is 3.14. The zero-order valence-electron chi connectivity index (χ0n) is 14.7. The van der Waals surface area contributed by atoms with E-state index in [2.05, 4.69) is 25.9 Å². The minimum Gasteiger partial charge on any atom is -0.306 e. The second-order valence-corrected chi connectivity index (χ2v) is 10.3. The highest BCUT2D eigenvalue weighted by atomic mass is 15.6. The number of hydrogen-bond acceptors (Lipinski definition) is 1. The van der Waals surface area contributed by atoms with Crippen LogP contribution in [0, 0.1) is 17.8 Å². The molecule has 4 saturated carbocycles. The third kappa shape index (κ3) is 1.12. The SMILES string of the molecule is C[C@H]1CC2CCC3C2(C1)[N+]3(C)C1CC2CCCC23C(C1)N3C. The minimum absolute atomic E-state index is 0.695. The van der Waals surface area contributed by atoms with Gasteiger partial charge in [0.25, 0.3) is 0 Å². The van der Waals surface area contributed by atoms with Crippen LogP contribution in [0.1, 0.15) is 64.7 Å². The quantitative estimate of drug-likeness (QED) is 0.530. The van der Waals surface area contributed by atoms with Gasteiger partial charge in [-0.2, -0.15) is 0 Å². The molecule has 9 unspecified atom stereocenters. The van der Waals surface area contributed by atoms with E-state index in [9.17, 15) is 0 Å². The summed E-state index contributed by atoms with van der Waals surface area (Å²) < 4.78 is 1.53. The van der Waals surface area contributed by atoms with Crippen molar-refractivity contribution in [3.63, 3.8) is 0 Å². The molecule has 2 aliphatic heterocycles. The molecule has 0 N–H and O–H groups in total. The fraction of sp³-hybridized carbons (Fsp3) is 1.00. The van der Waals surface area contributed by atoms with Gasteiger partial charge in [-0.15, -0.1) is 0 Å². The maximum Gasteiger partial charge on any atom is 0.155 e. The van der Waals surface area contributed by atoms with E-state index in [1.54, 1.807) is 32.1 Å². The number of piperidine rings is 1. The molecule has 0 amide bonds. The van der Waals surface area contributed by atoms with Crippen molar-refractivity contribution in [1.82, 2.24) is 4.90 Å². The molecule has 6 fully saturated rings. The van der Waals surface area contributed by atoms with Gasteiger partial charge < -0.3 is 4.48 Å². The molecule has 10 atom stereocenters. The molecule has 122 valence electrons. The second kappa shape index (κ2) is 3.61. The van der Waals surface area contributed by atoms with Gasteiger partial charge in [0.05, 0.1) is 13.1 Å². The molecule has 0 aromatic carbocycles. The molecule has 6 aliphatic rings. The molecule has 22 heavy (non-hydrogen) atoms. The molecular weight excluding hydrogens is 268 g/mol. The van der Waals surface area contributed by atoms with E-state index in [0.717, 1.165) is 41.4 Å². The van der Waals surface area contributed by atoms with Gasteiger partial charge in [-0.1, -0.05) is 13.3 Å². The Morgan fingerprint density at radius 2 is 1.91 bits per heavy atom. The molecule has 0 radical (unpaired) electrons. The highest BCUT2D eigenvalue weighted by molar-refractivity contribution is 5.26. The molecule has 4 aliphatic carbocycles. The molecule has 2 heterocycles. The number of rotatable bonds is 1. The summed E-state index contributed by atoms with van der Waals surface area (Å²) in [4.78, 5) is 2.79. The van der Waals surface area contributed by atoms with Crippen LogP contribution in [0.2, 0.25) is 0 Å². The molecule has 0 bridgehead atoms. The van der Waals surface area contributed by atoms with Gasteiger partial charge in [-0.3, -0.25) is 4.90 Å². The van der Waals surface area contributed by atoms with E-state index >= 15 is 0 Å². The number of likely N-dealkylation sites (N-methyl/N-ethyl adjacent to an activating group) is 2. The number of quaternary nitrogens is 1. The lowest BCUT2D eigenvalue weighted by Crippen LogP contribution is -2.49. The third-order valence-corrected chi connectivity index (χ3v) is 10.2. The van der Waals surface area contributed by atoms with Gasteiger partial charge in [0.2, 0.25) is 0 Å². The van der Waals surface area contributed by atoms with Crippen molar-refractivity contribution in [1.29, 1.82) is 0 Å². The van der Waals surface area contributed by atoms with Crippen LogP contribution in [0.15, 0.2) is 0 Å². The molecule has 2 nitrogen and oxygen atoms in total. The Morgan fingerprint density at radius 3 is 2.77 bits per heavy atom. The molecular formula is C20H33N2+. The van der Waals surface area contributed by atoms with Gasteiger partial charge in [-0.05, 0) is 44.6 Å². The largest absolute Gasteiger partial charge is 0.306 e. The van der Waals surface area contributed by atoms with Crippen molar-refractivity contribution >= 4 is 0 Å². The zero-order valence-corrected chi connectivity index (χ0v) is 14.7. The molecule has 2 saturated heterocycles. The predicted molar refractivity (Wildman–Crippen MR) is 88.5 cm³/mol. The summed E-state index contributed by atoms with van der Waals surface area (Å²) in [6.07, 6.45) is 13.9. The second-order valence-electron chi connectivity index (χ2n) is 10.3. The van der Waals surface area contributed by atoms with Crippen LogP contribution in [-0.2, 0) is 0 Å². The first-order chi connectivity index (χ1) is 10.5. The lowest BCUT2D eigenvalue weighted by Gasteiger charge is -2.38. The Hall–Kier alpha value is -0.0800. The maximum absolute atomic E-state index is 2.79. The van der Waals surface area contributed by atoms with Crippen LogP contribution in [0.4, 0.5) is 0 Å². The molecule has 2 spiro atoms. The lowest BCUT2D eigenvalue weighted by molar-refractivity contribution is -0.855. The predicted octanol–water partition coefficient (Wildman–Crippen LogP) is 3.41. The Morgan fingerprint density at radius 1 is 1.05 bits per heavy atom. The van der Waals surface area contributed by atoms with Crippen LogP contribution < -0.4 is 0 Å². The minimum atomic E-state index is 0.695. The van der Waals surface area contributed by atoms with E-state index in [0.29, 0.717) is 5.54 Å². The van der Waals surface area contributed by atoms with Crippen LogP contribution in [0.25, 0.3) is 0 Å². The van der Waals surface area contributed by atoms with Crippen molar-refractivity contribution in [2.24, 2.45) is 17.8 Å². The van der Waals surface area contributed by atoms with Crippen LogP contribution in [0.3, 0.4) is 0 Å². The summed E-state index contributed by atoms with van der Waals surface area (Å²) in [7, 11) is 5.14. The lowest BCUT2D eigenvalue weighted by atomic mass is 9.77. The average Bonchev–Trinajstić information content (AvgIpc) is 2.99. The third-order valence-electron chi connectivity index (χ3n) is 10.2. The Balaban J connectivity index is 1.33. The smallest absolute Gasteiger partial charge is 0.155 e. The molecule has 0 aromatic heterocycles. The summed E-state index contributed by atoms with van der Waals surface area (Å²) in [5, 5.41) is 0. The van der Waals surface area contributed by atoms with Crippen molar-refractivity contribution < 1.29 is 4.48 Å².